The van der Waals surface area contributed by atoms with Gasteiger partial charge in [0, 0.05) is 35.4 Å². The monoisotopic (exact) mass is 288 g/mol. The van der Waals surface area contributed by atoms with Crippen LogP contribution in [0.1, 0.15) is 51.9 Å². The summed E-state index contributed by atoms with van der Waals surface area (Å²) in [6, 6.07) is 0. The lowest BCUT2D eigenvalue weighted by Gasteiger charge is -2.30. The molecular formula is C14H28N2O2S. The lowest BCUT2D eigenvalue weighted by atomic mass is 9.79. The van der Waals surface area contributed by atoms with E-state index in [1.807, 2.05) is 6.92 Å². The minimum atomic E-state index is -0.821. The second kappa shape index (κ2) is 8.00. The predicted octanol–water partition coefficient (Wildman–Crippen LogP) is 1.56. The zero-order valence-electron chi connectivity index (χ0n) is 12.2. The maximum absolute atomic E-state index is 12.4. The molecule has 0 saturated heterocycles. The van der Waals surface area contributed by atoms with Crippen molar-refractivity contribution in [3.63, 3.8) is 0 Å². The summed E-state index contributed by atoms with van der Waals surface area (Å²) in [7, 11) is -0.821. The first-order chi connectivity index (χ1) is 9.02. The van der Waals surface area contributed by atoms with Crippen LogP contribution in [0, 0.1) is 5.41 Å². The van der Waals surface area contributed by atoms with Crippen LogP contribution in [0.25, 0.3) is 0 Å². The average Bonchev–Trinajstić information content (AvgIpc) is 2.64. The van der Waals surface area contributed by atoms with E-state index in [0.29, 0.717) is 13.1 Å². The molecule has 1 aliphatic carbocycles. The Morgan fingerprint density at radius 1 is 1.32 bits per heavy atom. The highest BCUT2D eigenvalue weighted by Crippen LogP contribution is 2.34. The van der Waals surface area contributed by atoms with Crippen LogP contribution >= 0.6 is 0 Å². The molecule has 0 radical (unpaired) electrons. The Labute approximate surface area is 119 Å². The van der Waals surface area contributed by atoms with E-state index in [1.54, 1.807) is 6.26 Å². The topological polar surface area (TPSA) is 72.2 Å². The largest absolute Gasteiger partial charge is 0.356 e. The van der Waals surface area contributed by atoms with E-state index in [2.05, 4.69) is 5.32 Å². The third-order valence-corrected chi connectivity index (χ3v) is 5.71. The van der Waals surface area contributed by atoms with Gasteiger partial charge in [-0.2, -0.15) is 0 Å². The second-order valence-corrected chi connectivity index (χ2v) is 7.55. The first kappa shape index (κ1) is 16.6. The van der Waals surface area contributed by atoms with E-state index < -0.39 is 10.8 Å². The molecule has 0 aliphatic heterocycles. The fourth-order valence-corrected chi connectivity index (χ4v) is 3.12. The fourth-order valence-electron chi connectivity index (χ4n) is 2.67. The lowest BCUT2D eigenvalue weighted by molar-refractivity contribution is -0.131. The number of amides is 1. The molecule has 1 fully saturated rings. The highest BCUT2D eigenvalue weighted by atomic mass is 32.2. The van der Waals surface area contributed by atoms with E-state index in [1.165, 1.54) is 12.8 Å². The molecule has 0 aromatic rings. The number of carbonyl (C=O) groups excluding carboxylic acids is 1. The average molecular weight is 288 g/mol. The van der Waals surface area contributed by atoms with Crippen LogP contribution in [0.2, 0.25) is 0 Å². The molecule has 112 valence electrons. The standard InChI is InChI=1S/C14H28N2O2S/c1-12(19(2)18)7-10-16-13(17)14(11-15)8-5-3-4-6-9-14/h12H,3-11,15H2,1-2H3,(H,16,17). The molecule has 3 N–H and O–H groups in total. The van der Waals surface area contributed by atoms with Crippen LogP contribution in [0.4, 0.5) is 0 Å². The molecule has 1 saturated carbocycles. The maximum Gasteiger partial charge on any atom is 0.227 e. The summed E-state index contributed by atoms with van der Waals surface area (Å²) in [5.74, 6) is 0.103. The SMILES string of the molecule is CC(CCNC(=O)C1(CN)CCCCCC1)S(C)=O. The van der Waals surface area contributed by atoms with E-state index in [4.69, 9.17) is 5.73 Å². The van der Waals surface area contributed by atoms with Crippen molar-refractivity contribution >= 4 is 16.7 Å². The van der Waals surface area contributed by atoms with Gasteiger partial charge in [-0.1, -0.05) is 32.6 Å². The van der Waals surface area contributed by atoms with E-state index in [9.17, 15) is 9.00 Å². The molecular weight excluding hydrogens is 260 g/mol. The van der Waals surface area contributed by atoms with Gasteiger partial charge in [0.15, 0.2) is 0 Å². The summed E-state index contributed by atoms with van der Waals surface area (Å²) < 4.78 is 11.3. The fraction of sp³-hybridized carbons (Fsp3) is 0.929. The molecule has 4 nitrogen and oxygen atoms in total. The van der Waals surface area contributed by atoms with Gasteiger partial charge in [0.05, 0.1) is 5.41 Å². The lowest BCUT2D eigenvalue weighted by Crippen LogP contribution is -2.46. The zero-order chi connectivity index (χ0) is 14.3. The van der Waals surface area contributed by atoms with Crippen LogP contribution in [0.5, 0.6) is 0 Å². The maximum atomic E-state index is 12.4. The summed E-state index contributed by atoms with van der Waals surface area (Å²) >= 11 is 0. The first-order valence-corrected chi connectivity index (χ1v) is 8.94. The van der Waals surface area contributed by atoms with Gasteiger partial charge in [-0.05, 0) is 19.3 Å². The molecule has 0 aromatic carbocycles. The predicted molar refractivity (Wildman–Crippen MR) is 80.3 cm³/mol. The van der Waals surface area contributed by atoms with Crippen molar-refractivity contribution in [2.45, 2.75) is 57.1 Å². The summed E-state index contributed by atoms with van der Waals surface area (Å²) in [6.07, 6.45) is 8.89. The van der Waals surface area contributed by atoms with Gasteiger partial charge in [-0.25, -0.2) is 0 Å². The van der Waals surface area contributed by atoms with Gasteiger partial charge in [0.2, 0.25) is 5.91 Å². The summed E-state index contributed by atoms with van der Waals surface area (Å²) in [5, 5.41) is 3.13. The van der Waals surface area contributed by atoms with Gasteiger partial charge in [0.25, 0.3) is 0 Å². The van der Waals surface area contributed by atoms with Crippen molar-refractivity contribution in [1.82, 2.24) is 5.32 Å². The van der Waals surface area contributed by atoms with Gasteiger partial charge in [-0.3, -0.25) is 9.00 Å². The van der Waals surface area contributed by atoms with E-state index in [-0.39, 0.29) is 16.6 Å². The molecule has 1 rings (SSSR count). The third kappa shape index (κ3) is 4.88. The van der Waals surface area contributed by atoms with Gasteiger partial charge >= 0.3 is 0 Å². The summed E-state index contributed by atoms with van der Waals surface area (Å²) in [5.41, 5.74) is 5.52. The Morgan fingerprint density at radius 2 is 1.89 bits per heavy atom. The molecule has 0 aromatic heterocycles. The minimum absolute atomic E-state index is 0.103. The number of nitrogens with two attached hydrogens (primary N) is 1. The Hall–Kier alpha value is -0.420. The van der Waals surface area contributed by atoms with Gasteiger partial charge < -0.3 is 11.1 Å². The van der Waals surface area contributed by atoms with Gasteiger partial charge in [-0.15, -0.1) is 0 Å². The molecule has 1 aliphatic rings. The van der Waals surface area contributed by atoms with Crippen molar-refractivity contribution < 1.29 is 9.00 Å². The van der Waals surface area contributed by atoms with Crippen molar-refractivity contribution in [2.24, 2.45) is 11.1 Å². The second-order valence-electron chi connectivity index (χ2n) is 5.75. The third-order valence-electron chi connectivity index (χ3n) is 4.34. The molecule has 19 heavy (non-hydrogen) atoms. The van der Waals surface area contributed by atoms with Crippen molar-refractivity contribution in [3.05, 3.63) is 0 Å². The highest BCUT2D eigenvalue weighted by Gasteiger charge is 2.36. The Bertz CT molecular complexity index is 313. The van der Waals surface area contributed by atoms with Crippen LogP contribution in [-0.2, 0) is 15.6 Å². The molecule has 2 atom stereocenters. The zero-order valence-corrected chi connectivity index (χ0v) is 13.1. The van der Waals surface area contributed by atoms with Crippen LogP contribution < -0.4 is 11.1 Å². The number of rotatable bonds is 6. The Kier molecular flexibility index (Phi) is 7.00. The van der Waals surface area contributed by atoms with E-state index >= 15 is 0 Å². The Morgan fingerprint density at radius 3 is 2.37 bits per heavy atom. The van der Waals surface area contributed by atoms with Crippen molar-refractivity contribution in [1.29, 1.82) is 0 Å². The molecule has 1 amide bonds. The van der Waals surface area contributed by atoms with Crippen LogP contribution in [0.15, 0.2) is 0 Å². The molecule has 0 spiro atoms. The van der Waals surface area contributed by atoms with Gasteiger partial charge in [0.1, 0.15) is 0 Å². The molecule has 0 bridgehead atoms. The van der Waals surface area contributed by atoms with Crippen LogP contribution in [0.3, 0.4) is 0 Å². The van der Waals surface area contributed by atoms with Crippen molar-refractivity contribution in [2.75, 3.05) is 19.3 Å². The number of hydrogen-bond donors (Lipinski definition) is 2. The van der Waals surface area contributed by atoms with E-state index in [0.717, 1.165) is 32.1 Å². The number of carbonyl (C=O) groups is 1. The number of nitrogens with one attached hydrogen (secondary N) is 1. The molecule has 2 unspecified atom stereocenters. The normalized spacial score (nSPS) is 22.3. The first-order valence-electron chi connectivity index (χ1n) is 7.32. The summed E-state index contributed by atoms with van der Waals surface area (Å²) in [6.45, 7) is 2.99. The smallest absolute Gasteiger partial charge is 0.227 e. The molecule has 5 heteroatoms. The number of hydrogen-bond acceptors (Lipinski definition) is 3. The minimum Gasteiger partial charge on any atom is -0.356 e. The molecule has 0 heterocycles. The summed E-state index contributed by atoms with van der Waals surface area (Å²) in [4.78, 5) is 12.4. The van der Waals surface area contributed by atoms with Crippen LogP contribution in [-0.4, -0.2) is 34.7 Å². The van der Waals surface area contributed by atoms with Crippen molar-refractivity contribution in [3.8, 4) is 0 Å². The quantitative estimate of drug-likeness (QED) is 0.729. The highest BCUT2D eigenvalue weighted by molar-refractivity contribution is 7.84. The Balaban J connectivity index is 2.47.